The van der Waals surface area contributed by atoms with Gasteiger partial charge in [-0.1, -0.05) is 36.4 Å². The van der Waals surface area contributed by atoms with Crippen LogP contribution < -0.4 is 4.90 Å². The largest absolute Gasteiger partial charge is 0.466 e. The maximum atomic E-state index is 12.1. The van der Waals surface area contributed by atoms with E-state index in [1.165, 1.54) is 22.5 Å². The summed E-state index contributed by atoms with van der Waals surface area (Å²) in [6.45, 7) is 6.42. The maximum Gasteiger partial charge on any atom is 0.310 e. The average molecular weight is 407 g/mol. The Kier molecular flexibility index (Phi) is 7.06. The van der Waals surface area contributed by atoms with Crippen LogP contribution in [0.5, 0.6) is 0 Å². The Bertz CT molecular complexity index is 803. The van der Waals surface area contributed by atoms with Crippen LogP contribution in [0.1, 0.15) is 43.7 Å². The van der Waals surface area contributed by atoms with Crippen LogP contribution in [0, 0.1) is 5.92 Å². The van der Waals surface area contributed by atoms with Gasteiger partial charge in [-0.25, -0.2) is 0 Å². The number of ether oxygens (including phenoxy) is 1. The number of carbonyl (C=O) groups is 1. The van der Waals surface area contributed by atoms with Crippen molar-refractivity contribution < 1.29 is 9.53 Å². The second kappa shape index (κ2) is 10.1. The van der Waals surface area contributed by atoms with Gasteiger partial charge >= 0.3 is 5.97 Å². The fourth-order valence-electron chi connectivity index (χ4n) is 4.93. The molecule has 4 rings (SSSR count). The number of hydrogen-bond donors (Lipinski definition) is 0. The van der Waals surface area contributed by atoms with E-state index in [0.717, 1.165) is 64.7 Å². The molecule has 1 fully saturated rings. The van der Waals surface area contributed by atoms with E-state index >= 15 is 0 Å². The third-order valence-corrected chi connectivity index (χ3v) is 6.46. The number of unbranched alkanes of at least 4 members (excludes halogenated alkanes) is 1. The number of piperidine rings is 1. The lowest BCUT2D eigenvalue weighted by Crippen LogP contribution is -2.40. The summed E-state index contributed by atoms with van der Waals surface area (Å²) in [5.74, 6) is 0.0445. The van der Waals surface area contributed by atoms with E-state index in [4.69, 9.17) is 4.74 Å². The van der Waals surface area contributed by atoms with Gasteiger partial charge in [0, 0.05) is 24.5 Å². The van der Waals surface area contributed by atoms with Crippen LogP contribution >= 0.6 is 0 Å². The molecule has 0 aromatic heterocycles. The molecule has 1 unspecified atom stereocenters. The number of rotatable bonds is 7. The van der Waals surface area contributed by atoms with Crippen LogP contribution in [0.4, 0.5) is 11.4 Å². The molecule has 0 N–H and O–H groups in total. The molecular weight excluding hydrogens is 372 g/mol. The van der Waals surface area contributed by atoms with Crippen LogP contribution in [0.25, 0.3) is 0 Å². The molecule has 4 nitrogen and oxygen atoms in total. The molecule has 0 spiro atoms. The standard InChI is InChI=1S/C26H34N2O2/c1-2-30-26(29)23-12-9-18-27(20-23)17-7-8-19-28-24-13-5-3-10-21(24)15-16-22-11-4-6-14-25(22)28/h3-6,10-11,13-14,23H,2,7-9,12,15-20H2,1H3. The van der Waals surface area contributed by atoms with Gasteiger partial charge in [-0.3, -0.25) is 4.79 Å². The minimum Gasteiger partial charge on any atom is -0.466 e. The molecule has 2 aromatic rings. The normalized spacial score (nSPS) is 19.0. The van der Waals surface area contributed by atoms with Crippen molar-refractivity contribution in [2.75, 3.05) is 37.7 Å². The summed E-state index contributed by atoms with van der Waals surface area (Å²) in [7, 11) is 0. The molecule has 2 aliphatic rings. The van der Waals surface area contributed by atoms with Gasteiger partial charge < -0.3 is 14.5 Å². The van der Waals surface area contributed by atoms with Crippen LogP contribution in [0.3, 0.4) is 0 Å². The summed E-state index contributed by atoms with van der Waals surface area (Å²) >= 11 is 0. The van der Waals surface area contributed by atoms with Gasteiger partial charge in [0.15, 0.2) is 0 Å². The van der Waals surface area contributed by atoms with Crippen LogP contribution in [0.2, 0.25) is 0 Å². The minimum absolute atomic E-state index is 0.0139. The van der Waals surface area contributed by atoms with E-state index in [-0.39, 0.29) is 11.9 Å². The zero-order valence-corrected chi connectivity index (χ0v) is 18.2. The maximum absolute atomic E-state index is 12.1. The number of benzene rings is 2. The molecule has 2 heterocycles. The van der Waals surface area contributed by atoms with E-state index in [0.29, 0.717) is 6.61 Å². The molecule has 160 valence electrons. The molecule has 0 saturated carbocycles. The Balaban J connectivity index is 1.36. The van der Waals surface area contributed by atoms with Gasteiger partial charge in [0.1, 0.15) is 0 Å². The van der Waals surface area contributed by atoms with E-state index < -0.39 is 0 Å². The smallest absolute Gasteiger partial charge is 0.310 e. The molecule has 1 atom stereocenters. The van der Waals surface area contributed by atoms with Gasteiger partial charge in [0.05, 0.1) is 12.5 Å². The number of esters is 1. The van der Waals surface area contributed by atoms with Gasteiger partial charge in [-0.2, -0.15) is 0 Å². The van der Waals surface area contributed by atoms with Crippen LogP contribution in [-0.4, -0.2) is 43.7 Å². The Labute approximate surface area is 180 Å². The highest BCUT2D eigenvalue weighted by atomic mass is 16.5. The highest BCUT2D eigenvalue weighted by Crippen LogP contribution is 2.36. The number of aryl methyl sites for hydroxylation is 2. The Morgan fingerprint density at radius 1 is 0.967 bits per heavy atom. The summed E-state index contributed by atoms with van der Waals surface area (Å²) in [4.78, 5) is 17.1. The van der Waals surface area contributed by atoms with Crippen molar-refractivity contribution in [3.63, 3.8) is 0 Å². The van der Waals surface area contributed by atoms with Crippen molar-refractivity contribution in [2.24, 2.45) is 5.92 Å². The second-order valence-electron chi connectivity index (χ2n) is 8.51. The average Bonchev–Trinajstić information content (AvgIpc) is 2.94. The van der Waals surface area contributed by atoms with Crippen molar-refractivity contribution in [3.05, 3.63) is 59.7 Å². The fraction of sp³-hybridized carbons (Fsp3) is 0.500. The number of fused-ring (bicyclic) bond motifs is 2. The van der Waals surface area contributed by atoms with Crippen molar-refractivity contribution in [1.29, 1.82) is 0 Å². The van der Waals surface area contributed by atoms with E-state index in [1.54, 1.807) is 0 Å². The Hall–Kier alpha value is -2.33. The van der Waals surface area contributed by atoms with Crippen molar-refractivity contribution >= 4 is 17.3 Å². The lowest BCUT2D eigenvalue weighted by Gasteiger charge is -2.32. The summed E-state index contributed by atoms with van der Waals surface area (Å²) in [5, 5.41) is 0. The highest BCUT2D eigenvalue weighted by Gasteiger charge is 2.26. The fourth-order valence-corrected chi connectivity index (χ4v) is 4.93. The monoisotopic (exact) mass is 406 g/mol. The summed E-state index contributed by atoms with van der Waals surface area (Å²) in [6, 6.07) is 17.7. The quantitative estimate of drug-likeness (QED) is 0.480. The molecule has 0 radical (unpaired) electrons. The lowest BCUT2D eigenvalue weighted by molar-refractivity contribution is -0.149. The Morgan fingerprint density at radius 3 is 2.27 bits per heavy atom. The second-order valence-corrected chi connectivity index (χ2v) is 8.51. The molecule has 2 aromatic carbocycles. The third kappa shape index (κ3) is 4.86. The number of likely N-dealkylation sites (tertiary alicyclic amines) is 1. The summed E-state index contributed by atoms with van der Waals surface area (Å²) < 4.78 is 5.24. The van der Waals surface area contributed by atoms with Crippen molar-refractivity contribution in [3.8, 4) is 0 Å². The molecule has 2 aliphatic heterocycles. The Morgan fingerprint density at radius 2 is 1.60 bits per heavy atom. The molecular formula is C26H34N2O2. The minimum atomic E-state index is -0.0139. The number of carbonyl (C=O) groups excluding carboxylic acids is 1. The van der Waals surface area contributed by atoms with Gasteiger partial charge in [-0.05, 0) is 81.8 Å². The van der Waals surface area contributed by atoms with Crippen molar-refractivity contribution in [2.45, 2.75) is 45.4 Å². The first-order valence-electron chi connectivity index (χ1n) is 11.6. The van der Waals surface area contributed by atoms with Gasteiger partial charge in [-0.15, -0.1) is 0 Å². The summed E-state index contributed by atoms with van der Waals surface area (Å²) in [5.41, 5.74) is 5.62. The zero-order chi connectivity index (χ0) is 20.8. The SMILES string of the molecule is CCOC(=O)C1CCCN(CCCCN2c3ccccc3CCc3ccccc32)C1. The van der Waals surface area contributed by atoms with Crippen LogP contribution in [-0.2, 0) is 22.4 Å². The lowest BCUT2D eigenvalue weighted by atomic mass is 9.98. The molecule has 4 heteroatoms. The first-order valence-corrected chi connectivity index (χ1v) is 11.6. The van der Waals surface area contributed by atoms with Gasteiger partial charge in [0.2, 0.25) is 0 Å². The molecule has 30 heavy (non-hydrogen) atoms. The number of anilines is 2. The van der Waals surface area contributed by atoms with Crippen LogP contribution in [0.15, 0.2) is 48.5 Å². The predicted molar refractivity (Wildman–Crippen MR) is 122 cm³/mol. The zero-order valence-electron chi connectivity index (χ0n) is 18.2. The number of hydrogen-bond acceptors (Lipinski definition) is 4. The number of para-hydroxylation sites is 2. The molecule has 0 bridgehead atoms. The highest BCUT2D eigenvalue weighted by molar-refractivity contribution is 5.73. The molecule has 0 amide bonds. The van der Waals surface area contributed by atoms with Crippen molar-refractivity contribution in [1.82, 2.24) is 4.90 Å². The summed E-state index contributed by atoms with van der Waals surface area (Å²) in [6.07, 6.45) is 6.56. The predicted octanol–water partition coefficient (Wildman–Crippen LogP) is 4.98. The first-order chi connectivity index (χ1) is 14.8. The van der Waals surface area contributed by atoms with E-state index in [1.807, 2.05) is 6.92 Å². The van der Waals surface area contributed by atoms with Gasteiger partial charge in [0.25, 0.3) is 0 Å². The molecule has 1 saturated heterocycles. The third-order valence-electron chi connectivity index (χ3n) is 6.46. The number of nitrogens with zero attached hydrogens (tertiary/aromatic N) is 2. The van der Waals surface area contributed by atoms with E-state index in [9.17, 15) is 4.79 Å². The van der Waals surface area contributed by atoms with E-state index in [2.05, 4.69) is 58.3 Å². The molecule has 0 aliphatic carbocycles. The first kappa shape index (κ1) is 20.9. The topological polar surface area (TPSA) is 32.8 Å².